The van der Waals surface area contributed by atoms with E-state index in [0.29, 0.717) is 0 Å². The van der Waals surface area contributed by atoms with E-state index in [0.717, 1.165) is 49.5 Å². The lowest BCUT2D eigenvalue weighted by Crippen LogP contribution is -2.01. The number of alkyl halides is 1. The smallest absolute Gasteiger partial charge is 0.125 e. The molecule has 1 aliphatic rings. The highest BCUT2D eigenvalue weighted by atomic mass is 35.5. The summed E-state index contributed by atoms with van der Waals surface area (Å²) < 4.78 is 5.68. The second kappa shape index (κ2) is 5.97. The summed E-state index contributed by atoms with van der Waals surface area (Å²) in [5.41, 5.74) is 2.46. The molecule has 0 aliphatic carbocycles. The zero-order chi connectivity index (χ0) is 12.3. The largest absolute Gasteiger partial charge is 0.493 e. The minimum atomic E-state index is 0.260. The van der Waals surface area contributed by atoms with Crippen molar-refractivity contribution in [2.45, 2.75) is 44.4 Å². The Morgan fingerprint density at radius 2 is 2.18 bits per heavy atom. The van der Waals surface area contributed by atoms with Crippen LogP contribution in [0.4, 0.5) is 0 Å². The maximum absolute atomic E-state index is 6.25. The number of halogens is 2. The third-order valence-corrected chi connectivity index (χ3v) is 3.81. The predicted octanol–water partition coefficient (Wildman–Crippen LogP) is 4.62. The average molecular weight is 273 g/mol. The summed E-state index contributed by atoms with van der Waals surface area (Å²) in [6.45, 7) is 2.94. The van der Waals surface area contributed by atoms with Crippen LogP contribution in [0.15, 0.2) is 12.1 Å². The van der Waals surface area contributed by atoms with Gasteiger partial charge in [-0.1, -0.05) is 24.9 Å². The van der Waals surface area contributed by atoms with E-state index in [1.165, 1.54) is 11.1 Å². The summed E-state index contributed by atoms with van der Waals surface area (Å²) in [6, 6.07) is 4.03. The minimum Gasteiger partial charge on any atom is -0.493 e. The molecule has 1 nitrogen and oxygen atoms in total. The highest BCUT2D eigenvalue weighted by molar-refractivity contribution is 6.30. The average Bonchev–Trinajstić information content (AvgIpc) is 2.74. The van der Waals surface area contributed by atoms with E-state index in [4.69, 9.17) is 27.9 Å². The Kier molecular flexibility index (Phi) is 4.58. The maximum Gasteiger partial charge on any atom is 0.125 e. The Hall–Kier alpha value is -0.400. The zero-order valence-corrected chi connectivity index (χ0v) is 11.7. The molecular weight excluding hydrogens is 255 g/mol. The molecule has 1 unspecified atom stereocenters. The molecule has 2 rings (SSSR count). The standard InChI is InChI=1S/C14H18Cl2O/c1-2-3-12(15)5-4-10-8-13(16)9-11-6-7-17-14(10)11/h8-9,12H,2-7H2,1H3. The molecular formula is C14H18Cl2O. The van der Waals surface area contributed by atoms with E-state index < -0.39 is 0 Å². The lowest BCUT2D eigenvalue weighted by atomic mass is 10.0. The van der Waals surface area contributed by atoms with Crippen LogP contribution in [0, 0.1) is 0 Å². The molecule has 1 aliphatic heterocycles. The van der Waals surface area contributed by atoms with Crippen LogP contribution < -0.4 is 4.74 Å². The summed E-state index contributed by atoms with van der Waals surface area (Å²) in [5.74, 6) is 1.05. The highest BCUT2D eigenvalue weighted by Crippen LogP contribution is 2.34. The Labute approximate surface area is 113 Å². The Balaban J connectivity index is 2.05. The van der Waals surface area contributed by atoms with E-state index in [9.17, 15) is 0 Å². The molecule has 94 valence electrons. The van der Waals surface area contributed by atoms with E-state index in [1.54, 1.807) is 0 Å². The molecule has 1 aromatic carbocycles. The fourth-order valence-electron chi connectivity index (χ4n) is 2.30. The molecule has 0 fully saturated rings. The molecule has 0 N–H and O–H groups in total. The fraction of sp³-hybridized carbons (Fsp3) is 0.571. The van der Waals surface area contributed by atoms with E-state index >= 15 is 0 Å². The van der Waals surface area contributed by atoms with E-state index in [-0.39, 0.29) is 5.38 Å². The number of benzene rings is 1. The molecule has 0 bridgehead atoms. The summed E-state index contributed by atoms with van der Waals surface area (Å²) in [4.78, 5) is 0. The van der Waals surface area contributed by atoms with Crippen molar-refractivity contribution in [2.24, 2.45) is 0 Å². The van der Waals surface area contributed by atoms with Gasteiger partial charge >= 0.3 is 0 Å². The van der Waals surface area contributed by atoms with Gasteiger partial charge in [0.2, 0.25) is 0 Å². The van der Waals surface area contributed by atoms with Crippen molar-refractivity contribution >= 4 is 23.2 Å². The van der Waals surface area contributed by atoms with E-state index in [1.807, 2.05) is 12.1 Å². The number of ether oxygens (including phenoxy) is 1. The van der Waals surface area contributed by atoms with Crippen LogP contribution in [0.5, 0.6) is 5.75 Å². The van der Waals surface area contributed by atoms with Gasteiger partial charge in [0.25, 0.3) is 0 Å². The first kappa shape index (κ1) is 13.0. The third kappa shape index (κ3) is 3.29. The zero-order valence-electron chi connectivity index (χ0n) is 10.1. The quantitative estimate of drug-likeness (QED) is 0.711. The molecule has 1 heterocycles. The second-order valence-electron chi connectivity index (χ2n) is 4.58. The number of hydrogen-bond acceptors (Lipinski definition) is 1. The molecule has 0 saturated heterocycles. The van der Waals surface area contributed by atoms with Gasteiger partial charge in [-0.05, 0) is 42.5 Å². The molecule has 0 aromatic heterocycles. The van der Waals surface area contributed by atoms with Crippen LogP contribution in [-0.4, -0.2) is 12.0 Å². The van der Waals surface area contributed by atoms with Gasteiger partial charge in [-0.2, -0.15) is 0 Å². The summed E-state index contributed by atoms with van der Waals surface area (Å²) in [7, 11) is 0. The van der Waals surface area contributed by atoms with Crippen LogP contribution in [0.1, 0.15) is 37.3 Å². The highest BCUT2D eigenvalue weighted by Gasteiger charge is 2.18. The van der Waals surface area contributed by atoms with Gasteiger partial charge < -0.3 is 4.74 Å². The first-order valence-corrected chi connectivity index (χ1v) is 7.10. The molecule has 17 heavy (non-hydrogen) atoms. The van der Waals surface area contributed by atoms with Crippen molar-refractivity contribution in [3.8, 4) is 5.75 Å². The van der Waals surface area contributed by atoms with Crippen LogP contribution >= 0.6 is 23.2 Å². The summed E-state index contributed by atoms with van der Waals surface area (Å²) in [5, 5.41) is 1.07. The predicted molar refractivity (Wildman–Crippen MR) is 73.5 cm³/mol. The first-order chi connectivity index (χ1) is 8.20. The van der Waals surface area contributed by atoms with Gasteiger partial charge in [-0.3, -0.25) is 0 Å². The Morgan fingerprint density at radius 1 is 1.35 bits per heavy atom. The van der Waals surface area contributed by atoms with Crippen molar-refractivity contribution in [1.29, 1.82) is 0 Å². The van der Waals surface area contributed by atoms with Crippen LogP contribution in [0.3, 0.4) is 0 Å². The third-order valence-electron chi connectivity index (χ3n) is 3.15. The Bertz CT molecular complexity index is 390. The Morgan fingerprint density at radius 3 is 2.94 bits per heavy atom. The lowest BCUT2D eigenvalue weighted by molar-refractivity contribution is 0.353. The molecule has 0 amide bonds. The van der Waals surface area contributed by atoms with Crippen LogP contribution in [-0.2, 0) is 12.8 Å². The SMILES string of the molecule is CCCC(Cl)CCc1cc(Cl)cc2c1OCC2. The molecule has 0 radical (unpaired) electrons. The lowest BCUT2D eigenvalue weighted by Gasteiger charge is -2.11. The number of hydrogen-bond donors (Lipinski definition) is 0. The summed E-state index contributed by atoms with van der Waals surface area (Å²) in [6.07, 6.45) is 5.13. The van der Waals surface area contributed by atoms with Gasteiger partial charge in [0.05, 0.1) is 6.61 Å². The van der Waals surface area contributed by atoms with Gasteiger partial charge in [0, 0.05) is 16.8 Å². The minimum absolute atomic E-state index is 0.260. The van der Waals surface area contributed by atoms with Crippen molar-refractivity contribution in [1.82, 2.24) is 0 Å². The molecule has 3 heteroatoms. The molecule has 1 atom stereocenters. The topological polar surface area (TPSA) is 9.23 Å². The number of rotatable bonds is 5. The van der Waals surface area contributed by atoms with Gasteiger partial charge in [-0.25, -0.2) is 0 Å². The maximum atomic E-state index is 6.25. The molecule has 1 aromatic rings. The van der Waals surface area contributed by atoms with Crippen molar-refractivity contribution in [3.05, 3.63) is 28.3 Å². The normalized spacial score (nSPS) is 15.5. The monoisotopic (exact) mass is 272 g/mol. The van der Waals surface area contributed by atoms with Crippen molar-refractivity contribution in [3.63, 3.8) is 0 Å². The van der Waals surface area contributed by atoms with Crippen LogP contribution in [0.2, 0.25) is 5.02 Å². The second-order valence-corrected chi connectivity index (χ2v) is 5.63. The van der Waals surface area contributed by atoms with Crippen LogP contribution in [0.25, 0.3) is 0 Å². The van der Waals surface area contributed by atoms with Gasteiger partial charge in [0.1, 0.15) is 5.75 Å². The summed E-state index contributed by atoms with van der Waals surface area (Å²) >= 11 is 12.4. The van der Waals surface area contributed by atoms with Gasteiger partial charge in [0.15, 0.2) is 0 Å². The van der Waals surface area contributed by atoms with Crippen molar-refractivity contribution < 1.29 is 4.74 Å². The van der Waals surface area contributed by atoms with Gasteiger partial charge in [-0.15, -0.1) is 11.6 Å². The molecule has 0 saturated carbocycles. The fourth-order valence-corrected chi connectivity index (χ4v) is 2.89. The van der Waals surface area contributed by atoms with E-state index in [2.05, 4.69) is 6.92 Å². The van der Waals surface area contributed by atoms with Crippen molar-refractivity contribution in [2.75, 3.05) is 6.61 Å². The number of fused-ring (bicyclic) bond motifs is 1. The molecule has 0 spiro atoms. The first-order valence-electron chi connectivity index (χ1n) is 6.29. The number of aryl methyl sites for hydroxylation is 1.